The van der Waals surface area contributed by atoms with Crippen molar-refractivity contribution in [3.63, 3.8) is 0 Å². The molecule has 15 heteroatoms. The van der Waals surface area contributed by atoms with Gasteiger partial charge in [0.1, 0.15) is 12.6 Å². The molecule has 0 bridgehead atoms. The van der Waals surface area contributed by atoms with Gasteiger partial charge in [-0.15, -0.1) is 10.2 Å². The van der Waals surface area contributed by atoms with Crippen molar-refractivity contribution in [2.24, 2.45) is 0 Å². The second kappa shape index (κ2) is 9.79. The van der Waals surface area contributed by atoms with Gasteiger partial charge in [0, 0.05) is 10.6 Å². The van der Waals surface area contributed by atoms with Crippen LogP contribution in [0, 0.1) is 5.95 Å². The molecule has 10 nitrogen and oxygen atoms in total. The zero-order chi connectivity index (χ0) is 26.2. The summed E-state index contributed by atoms with van der Waals surface area (Å²) in [7, 11) is 0. The summed E-state index contributed by atoms with van der Waals surface area (Å²) in [6.07, 6.45) is -8.95. The van der Waals surface area contributed by atoms with Crippen LogP contribution < -0.4 is 5.69 Å². The van der Waals surface area contributed by atoms with Crippen molar-refractivity contribution in [2.45, 2.75) is 38.4 Å². The Morgan fingerprint density at radius 3 is 2.36 bits per heavy atom. The van der Waals surface area contributed by atoms with Crippen LogP contribution >= 0.6 is 11.6 Å². The van der Waals surface area contributed by atoms with Crippen LogP contribution in [0.3, 0.4) is 0 Å². The predicted octanol–water partition coefficient (Wildman–Crippen LogP) is 2.50. The fourth-order valence-corrected chi connectivity index (χ4v) is 3.45. The highest BCUT2D eigenvalue weighted by Gasteiger charge is 2.39. The number of nitrogens with zero attached hydrogens (tertiary/aromatic N) is 7. The Balaban J connectivity index is 1.77. The monoisotopic (exact) mass is 527 g/mol. The molecule has 4 aromatic rings. The minimum Gasteiger partial charge on any atom is -0.385 e. The Hall–Kier alpha value is -3.62. The first-order chi connectivity index (χ1) is 16.9. The molecule has 0 amide bonds. The number of aromatic nitrogens is 7. The van der Waals surface area contributed by atoms with E-state index in [0.717, 1.165) is 15.4 Å². The maximum absolute atomic E-state index is 13.6. The summed E-state index contributed by atoms with van der Waals surface area (Å²) in [6.45, 7) is -0.119. The van der Waals surface area contributed by atoms with E-state index in [9.17, 15) is 32.6 Å². The number of benzene rings is 1. The molecular formula is C21H18ClF4N7O3. The fraction of sp³-hybridized carbons (Fsp3) is 0.286. The summed E-state index contributed by atoms with van der Waals surface area (Å²) in [4.78, 5) is 20.9. The summed E-state index contributed by atoms with van der Waals surface area (Å²) in [5.41, 5.74) is -0.696. The fourth-order valence-electron chi connectivity index (χ4n) is 3.32. The Labute approximate surface area is 205 Å². The number of hydrogen-bond donors (Lipinski definition) is 2. The average molecular weight is 528 g/mol. The van der Waals surface area contributed by atoms with Gasteiger partial charge >= 0.3 is 11.9 Å². The average Bonchev–Trinajstić information content (AvgIpc) is 3.36. The quantitative estimate of drug-likeness (QED) is 0.279. The van der Waals surface area contributed by atoms with E-state index in [0.29, 0.717) is 9.59 Å². The van der Waals surface area contributed by atoms with Gasteiger partial charge in [0.2, 0.25) is 5.95 Å². The van der Waals surface area contributed by atoms with Gasteiger partial charge in [-0.25, -0.2) is 19.4 Å². The molecule has 2 atom stereocenters. The van der Waals surface area contributed by atoms with E-state index in [1.807, 2.05) is 0 Å². The maximum atomic E-state index is 13.6. The zero-order valence-corrected chi connectivity index (χ0v) is 19.2. The van der Waals surface area contributed by atoms with Crippen molar-refractivity contribution < 1.29 is 27.8 Å². The lowest BCUT2D eigenvalue weighted by molar-refractivity contribution is -0.207. The Morgan fingerprint density at radius 1 is 1.06 bits per heavy atom. The van der Waals surface area contributed by atoms with Crippen molar-refractivity contribution in [1.82, 2.24) is 34.1 Å². The van der Waals surface area contributed by atoms with Gasteiger partial charge in [0.15, 0.2) is 29.4 Å². The molecule has 0 saturated carbocycles. The van der Waals surface area contributed by atoms with Gasteiger partial charge < -0.3 is 10.2 Å². The highest BCUT2D eigenvalue weighted by Crippen LogP contribution is 2.24. The summed E-state index contributed by atoms with van der Waals surface area (Å²) in [5.74, 6) is -1.00. The van der Waals surface area contributed by atoms with Crippen LogP contribution in [0.5, 0.6) is 0 Å². The van der Waals surface area contributed by atoms with E-state index in [-0.39, 0.29) is 28.9 Å². The first-order valence-corrected chi connectivity index (χ1v) is 10.8. The molecule has 0 aliphatic carbocycles. The topological polar surface area (TPSA) is 124 Å². The van der Waals surface area contributed by atoms with E-state index in [2.05, 4.69) is 20.2 Å². The number of aliphatic hydroxyl groups excluding tert-OH is 2. The van der Waals surface area contributed by atoms with Crippen LogP contribution in [0.25, 0.3) is 17.2 Å². The van der Waals surface area contributed by atoms with Crippen molar-refractivity contribution in [2.75, 3.05) is 0 Å². The van der Waals surface area contributed by atoms with E-state index in [1.165, 1.54) is 43.3 Å². The van der Waals surface area contributed by atoms with Crippen LogP contribution in [-0.2, 0) is 13.1 Å². The molecule has 1 aromatic carbocycles. The van der Waals surface area contributed by atoms with E-state index in [4.69, 9.17) is 11.6 Å². The van der Waals surface area contributed by atoms with Gasteiger partial charge in [-0.05, 0) is 43.3 Å². The van der Waals surface area contributed by atoms with Crippen LogP contribution in [-0.4, -0.2) is 56.6 Å². The largest absolute Gasteiger partial charge is 0.416 e. The molecule has 0 unspecified atom stereocenters. The third-order valence-electron chi connectivity index (χ3n) is 5.02. The van der Waals surface area contributed by atoms with E-state index >= 15 is 0 Å². The first-order valence-electron chi connectivity index (χ1n) is 10.4. The van der Waals surface area contributed by atoms with Crippen molar-refractivity contribution >= 4 is 11.6 Å². The standard InChI is InChI=1S/C21H18ClF4N7O3/c1-11(34)18-28-16(29-33(18)17-4-2-3-15(23)27-17)10-32-20(36)31(9-14(35)21(24,25)26)19(30-32)12-5-7-13(22)8-6-12/h2-8,11,14,34-35H,9-10H2,1H3/t11-,14-/m0/s1. The van der Waals surface area contributed by atoms with Gasteiger partial charge in [-0.3, -0.25) is 4.57 Å². The number of aliphatic hydroxyl groups is 2. The molecular weight excluding hydrogens is 510 g/mol. The smallest absolute Gasteiger partial charge is 0.385 e. The molecule has 0 spiro atoms. The number of hydrogen-bond acceptors (Lipinski definition) is 7. The van der Waals surface area contributed by atoms with E-state index in [1.54, 1.807) is 0 Å². The molecule has 0 saturated heterocycles. The van der Waals surface area contributed by atoms with Crippen molar-refractivity contribution in [3.05, 3.63) is 75.6 Å². The molecule has 0 aliphatic heterocycles. The zero-order valence-electron chi connectivity index (χ0n) is 18.4. The second-order valence-electron chi connectivity index (χ2n) is 7.73. The minimum atomic E-state index is -4.97. The lowest BCUT2D eigenvalue weighted by Crippen LogP contribution is -2.37. The van der Waals surface area contributed by atoms with Gasteiger partial charge in [-0.1, -0.05) is 17.7 Å². The van der Waals surface area contributed by atoms with Gasteiger partial charge in [0.25, 0.3) is 0 Å². The van der Waals surface area contributed by atoms with Crippen molar-refractivity contribution in [3.8, 4) is 17.2 Å². The normalized spacial score (nSPS) is 13.7. The van der Waals surface area contributed by atoms with Crippen LogP contribution in [0.2, 0.25) is 5.02 Å². The Morgan fingerprint density at radius 2 is 1.75 bits per heavy atom. The lowest BCUT2D eigenvalue weighted by Gasteiger charge is -2.15. The minimum absolute atomic E-state index is 0.0117. The number of alkyl halides is 3. The lowest BCUT2D eigenvalue weighted by atomic mass is 10.2. The van der Waals surface area contributed by atoms with Crippen LogP contribution in [0.4, 0.5) is 17.6 Å². The van der Waals surface area contributed by atoms with Crippen molar-refractivity contribution in [1.29, 1.82) is 0 Å². The number of halogens is 5. The number of rotatable bonds is 7. The molecule has 0 radical (unpaired) electrons. The first kappa shape index (κ1) is 25.5. The summed E-state index contributed by atoms with van der Waals surface area (Å²) >= 11 is 5.88. The molecule has 3 aromatic heterocycles. The Kier molecular flexibility index (Phi) is 6.93. The number of pyridine rings is 1. The van der Waals surface area contributed by atoms with Crippen LogP contribution in [0.1, 0.15) is 24.7 Å². The highest BCUT2D eigenvalue weighted by atomic mass is 35.5. The molecule has 190 valence electrons. The maximum Gasteiger partial charge on any atom is 0.416 e. The van der Waals surface area contributed by atoms with E-state index < -0.39 is 43.1 Å². The second-order valence-corrected chi connectivity index (χ2v) is 8.17. The molecule has 0 fully saturated rings. The summed E-state index contributed by atoms with van der Waals surface area (Å²) in [5, 5.41) is 28.3. The summed E-state index contributed by atoms with van der Waals surface area (Å²) < 4.78 is 55.3. The molecule has 36 heavy (non-hydrogen) atoms. The van der Waals surface area contributed by atoms with Gasteiger partial charge in [-0.2, -0.15) is 22.2 Å². The Bertz CT molecular complexity index is 1430. The third kappa shape index (κ3) is 5.29. The third-order valence-corrected chi connectivity index (χ3v) is 5.27. The molecule has 2 N–H and O–H groups in total. The summed E-state index contributed by atoms with van der Waals surface area (Å²) in [6, 6.07) is 9.76. The van der Waals surface area contributed by atoms with Crippen LogP contribution in [0.15, 0.2) is 47.3 Å². The predicted molar refractivity (Wildman–Crippen MR) is 118 cm³/mol. The SMILES string of the molecule is C[C@H](O)c1nc(Cn2nc(-c3ccc(Cl)cc3)n(C[C@H](O)C(F)(F)F)c2=O)nn1-c1cccc(F)n1. The molecule has 3 heterocycles. The molecule has 4 rings (SSSR count). The highest BCUT2D eigenvalue weighted by molar-refractivity contribution is 6.30. The molecule has 0 aliphatic rings. The van der Waals surface area contributed by atoms with Gasteiger partial charge in [0.05, 0.1) is 6.54 Å².